The molecule has 2 heterocycles. The van der Waals surface area contributed by atoms with E-state index in [0.717, 1.165) is 13.3 Å². The van der Waals surface area contributed by atoms with Crippen LogP contribution in [-0.4, -0.2) is 36.8 Å². The predicted octanol–water partition coefficient (Wildman–Crippen LogP) is 5.02. The Hall–Kier alpha value is -3.68. The highest BCUT2D eigenvalue weighted by Gasteiger charge is 2.41. The average Bonchev–Trinajstić information content (AvgIpc) is 2.77. The molecular weight excluding hydrogens is 504 g/mol. The first-order chi connectivity index (χ1) is 16.8. The molecule has 1 aliphatic rings. The van der Waals surface area contributed by atoms with Gasteiger partial charge in [0.25, 0.3) is 11.8 Å². The summed E-state index contributed by atoms with van der Waals surface area (Å²) >= 11 is 0. The Balaban J connectivity index is 1.69. The highest BCUT2D eigenvalue weighted by molar-refractivity contribution is 7.91. The van der Waals surface area contributed by atoms with Crippen LogP contribution in [0.3, 0.4) is 0 Å². The largest absolute Gasteiger partial charge is 0.435 e. The first-order valence-electron chi connectivity index (χ1n) is 10.6. The molecule has 1 aliphatic carbocycles. The van der Waals surface area contributed by atoms with Gasteiger partial charge in [-0.1, -0.05) is 6.07 Å². The van der Waals surface area contributed by atoms with Gasteiger partial charge in [-0.15, -0.1) is 20.4 Å². The third-order valence-corrected chi connectivity index (χ3v) is 6.82. The number of aromatic nitrogens is 4. The van der Waals surface area contributed by atoms with Gasteiger partial charge in [-0.25, -0.2) is 13.4 Å². The monoisotopic (exact) mass is 524 g/mol. The molecule has 36 heavy (non-hydrogen) atoms. The summed E-state index contributed by atoms with van der Waals surface area (Å²) in [5.41, 5.74) is -3.89. The Bertz CT molecular complexity index is 1420. The molecule has 4 rings (SSSR count). The highest BCUT2D eigenvalue weighted by atomic mass is 32.2. The number of hydrogen-bond acceptors (Lipinski definition) is 8. The van der Waals surface area contributed by atoms with Crippen LogP contribution in [-0.2, 0) is 21.6 Å². The summed E-state index contributed by atoms with van der Waals surface area (Å²) in [6, 6.07) is 8.18. The van der Waals surface area contributed by atoms with E-state index in [1.807, 2.05) is 0 Å². The maximum atomic E-state index is 14.5. The molecule has 9 nitrogen and oxygen atoms in total. The normalized spacial score (nSPS) is 16.5. The number of carbonyl (C=O) groups is 1. The van der Waals surface area contributed by atoms with Gasteiger partial charge in [-0.05, 0) is 56.0 Å². The summed E-state index contributed by atoms with van der Waals surface area (Å²) in [5.74, 6) is -1.82. The summed E-state index contributed by atoms with van der Waals surface area (Å²) in [4.78, 5) is 13.2. The van der Waals surface area contributed by atoms with Gasteiger partial charge in [0.15, 0.2) is 11.4 Å². The molecule has 0 aliphatic heterocycles. The van der Waals surface area contributed by atoms with Gasteiger partial charge in [0.2, 0.25) is 5.88 Å². The number of benzene rings is 1. The van der Waals surface area contributed by atoms with Crippen molar-refractivity contribution >= 4 is 21.3 Å². The van der Waals surface area contributed by atoms with E-state index in [0.29, 0.717) is 12.8 Å². The van der Waals surface area contributed by atoms with Crippen molar-refractivity contribution in [1.29, 1.82) is 4.78 Å². The number of halogens is 4. The number of carbonyl (C=O) groups excluding carboxylic acids is 1. The van der Waals surface area contributed by atoms with Crippen LogP contribution in [0.5, 0.6) is 11.8 Å². The lowest BCUT2D eigenvalue weighted by Crippen LogP contribution is -2.30. The summed E-state index contributed by atoms with van der Waals surface area (Å²) in [6.45, 7) is 1.04. The van der Waals surface area contributed by atoms with Gasteiger partial charge in [0.1, 0.15) is 11.3 Å². The Labute approximate surface area is 203 Å². The minimum Gasteiger partial charge on any atom is -0.417 e. The van der Waals surface area contributed by atoms with Gasteiger partial charge in [-0.3, -0.25) is 4.79 Å². The molecule has 1 saturated carbocycles. The maximum Gasteiger partial charge on any atom is 0.435 e. The second kappa shape index (κ2) is 9.08. The number of nitrogens with zero attached hydrogens (tertiary/aromatic N) is 4. The minimum absolute atomic E-state index is 0.0907. The Morgan fingerprint density at radius 3 is 2.42 bits per heavy atom. The second-order valence-corrected chi connectivity index (χ2v) is 10.5. The minimum atomic E-state index is -4.90. The summed E-state index contributed by atoms with van der Waals surface area (Å²) < 4.78 is 80.1. The fourth-order valence-electron chi connectivity index (χ4n) is 3.57. The quantitative estimate of drug-likeness (QED) is 0.433. The van der Waals surface area contributed by atoms with Crippen LogP contribution in [0.2, 0.25) is 0 Å². The van der Waals surface area contributed by atoms with Crippen molar-refractivity contribution in [2.45, 2.75) is 42.9 Å². The molecule has 0 spiro atoms. The zero-order chi connectivity index (χ0) is 26.3. The molecule has 0 bridgehead atoms. The smallest absolute Gasteiger partial charge is 0.417 e. The van der Waals surface area contributed by atoms with Crippen LogP contribution in [0.25, 0.3) is 0 Å². The van der Waals surface area contributed by atoms with E-state index in [4.69, 9.17) is 9.52 Å². The average molecular weight is 525 g/mol. The van der Waals surface area contributed by atoms with Gasteiger partial charge in [0, 0.05) is 22.9 Å². The highest BCUT2D eigenvalue weighted by Crippen LogP contribution is 2.44. The van der Waals surface area contributed by atoms with E-state index in [2.05, 4.69) is 25.7 Å². The summed E-state index contributed by atoms with van der Waals surface area (Å²) in [6.07, 6.45) is -2.37. The number of anilines is 1. The standard InChI is InChI=1S/C22H20F4N6O3S/c1-12-17(19(33)28-13-5-3-6-14(11-13)36(2,27)34)20(32-31-18(12)22(24,25)26)35-16-8-7-15(29-30-16)21(23)9-4-10-21/h3,5-8,11,27H,4,9-10H2,1-2H3,(H,28,33). The van der Waals surface area contributed by atoms with Gasteiger partial charge < -0.3 is 10.1 Å². The van der Waals surface area contributed by atoms with Crippen LogP contribution in [0, 0.1) is 11.7 Å². The van der Waals surface area contributed by atoms with Crippen LogP contribution in [0.15, 0.2) is 41.3 Å². The molecule has 1 atom stereocenters. The molecule has 1 fully saturated rings. The third kappa shape index (κ3) is 5.12. The Kier molecular flexibility index (Phi) is 6.41. The van der Waals surface area contributed by atoms with Crippen molar-refractivity contribution in [2.75, 3.05) is 11.6 Å². The van der Waals surface area contributed by atoms with E-state index in [9.17, 15) is 26.6 Å². The lowest BCUT2D eigenvalue weighted by Gasteiger charge is -2.32. The van der Waals surface area contributed by atoms with E-state index in [-0.39, 0.29) is 22.2 Å². The molecule has 1 amide bonds. The molecule has 14 heteroatoms. The fraction of sp³-hybridized carbons (Fsp3) is 0.318. The van der Waals surface area contributed by atoms with Crippen molar-refractivity contribution in [1.82, 2.24) is 20.4 Å². The topological polar surface area (TPSA) is 131 Å². The van der Waals surface area contributed by atoms with Gasteiger partial charge >= 0.3 is 6.18 Å². The molecule has 1 unspecified atom stereocenters. The van der Waals surface area contributed by atoms with Crippen molar-refractivity contribution in [2.24, 2.45) is 0 Å². The summed E-state index contributed by atoms with van der Waals surface area (Å²) in [5, 5.41) is 16.6. The SMILES string of the molecule is Cc1c(C(F)(F)F)nnc(Oc2ccc(C3(F)CCC3)nn2)c1C(=O)Nc1cccc(S(C)(=N)=O)c1. The van der Waals surface area contributed by atoms with E-state index < -0.39 is 50.2 Å². The zero-order valence-electron chi connectivity index (χ0n) is 19.0. The fourth-order valence-corrected chi connectivity index (χ4v) is 4.26. The third-order valence-electron chi connectivity index (χ3n) is 5.67. The van der Waals surface area contributed by atoms with E-state index >= 15 is 0 Å². The van der Waals surface area contributed by atoms with Gasteiger partial charge in [-0.2, -0.15) is 13.2 Å². The van der Waals surface area contributed by atoms with Crippen molar-refractivity contribution in [3.63, 3.8) is 0 Å². The number of amides is 1. The molecule has 190 valence electrons. The van der Waals surface area contributed by atoms with Crippen molar-refractivity contribution < 1.29 is 31.3 Å². The lowest BCUT2D eigenvalue weighted by atomic mass is 9.79. The zero-order valence-corrected chi connectivity index (χ0v) is 19.8. The maximum absolute atomic E-state index is 14.5. The van der Waals surface area contributed by atoms with Crippen LogP contribution >= 0.6 is 0 Å². The first-order valence-corrected chi connectivity index (χ1v) is 12.6. The molecule has 2 N–H and O–H groups in total. The molecule has 2 aromatic heterocycles. The second-order valence-electron chi connectivity index (χ2n) is 8.35. The van der Waals surface area contributed by atoms with Gasteiger partial charge in [0.05, 0.1) is 9.73 Å². The number of hydrogen-bond donors (Lipinski definition) is 2. The van der Waals surface area contributed by atoms with Crippen molar-refractivity contribution in [3.8, 4) is 11.8 Å². The Morgan fingerprint density at radius 2 is 1.86 bits per heavy atom. The van der Waals surface area contributed by atoms with Crippen molar-refractivity contribution in [3.05, 3.63) is 58.9 Å². The van der Waals surface area contributed by atoms with Crippen LogP contribution in [0.4, 0.5) is 23.2 Å². The summed E-state index contributed by atoms with van der Waals surface area (Å²) in [7, 11) is -3.11. The Morgan fingerprint density at radius 1 is 1.14 bits per heavy atom. The number of ether oxygens (including phenoxy) is 1. The molecule has 3 aromatic rings. The molecular formula is C22H20F4N6O3S. The first kappa shape index (κ1) is 25.4. The van der Waals surface area contributed by atoms with Crippen LogP contribution in [0.1, 0.15) is 46.6 Å². The number of alkyl halides is 4. The predicted molar refractivity (Wildman–Crippen MR) is 120 cm³/mol. The molecule has 1 aromatic carbocycles. The van der Waals surface area contributed by atoms with Crippen LogP contribution < -0.4 is 10.1 Å². The number of rotatable bonds is 6. The van der Waals surface area contributed by atoms with E-state index in [1.54, 1.807) is 0 Å². The molecule has 0 saturated heterocycles. The van der Waals surface area contributed by atoms with E-state index in [1.165, 1.54) is 42.7 Å². The molecule has 0 radical (unpaired) electrons. The number of nitrogens with one attached hydrogen (secondary N) is 2. The lowest BCUT2D eigenvalue weighted by molar-refractivity contribution is -0.142.